The van der Waals surface area contributed by atoms with E-state index in [9.17, 15) is 0 Å². The Labute approximate surface area is 118 Å². The predicted molar refractivity (Wildman–Crippen MR) is 74.6 cm³/mol. The molecule has 114 valence electrons. The van der Waals surface area contributed by atoms with Crippen LogP contribution in [0.4, 0.5) is 11.9 Å². The first kappa shape index (κ1) is 16.3. The highest BCUT2D eigenvalue weighted by Gasteiger charge is 2.05. The molecule has 0 unspecified atom stereocenters. The number of hydrazine groups is 1. The van der Waals surface area contributed by atoms with Gasteiger partial charge in [-0.15, -0.1) is 0 Å². The number of nitrogens with one attached hydrogen (secondary N) is 2. The maximum Gasteiger partial charge on any atom is 0.323 e. The molecule has 0 bridgehead atoms. The maximum atomic E-state index is 5.34. The zero-order valence-electron chi connectivity index (χ0n) is 11.9. The maximum absolute atomic E-state index is 5.34. The van der Waals surface area contributed by atoms with E-state index in [0.717, 1.165) is 6.42 Å². The third-order valence-corrected chi connectivity index (χ3v) is 2.20. The van der Waals surface area contributed by atoms with Crippen LogP contribution in [0.1, 0.15) is 13.3 Å². The summed E-state index contributed by atoms with van der Waals surface area (Å²) in [5.74, 6) is 5.95. The van der Waals surface area contributed by atoms with Crippen LogP contribution in [0.15, 0.2) is 0 Å². The van der Waals surface area contributed by atoms with E-state index < -0.39 is 0 Å². The minimum Gasteiger partial charge on any atom is -0.464 e. The normalized spacial score (nSPS) is 10.3. The van der Waals surface area contributed by atoms with Gasteiger partial charge in [0.1, 0.15) is 0 Å². The van der Waals surface area contributed by atoms with Crippen LogP contribution >= 0.6 is 0 Å². The molecule has 0 saturated carbocycles. The first-order chi connectivity index (χ1) is 9.80. The van der Waals surface area contributed by atoms with Crippen molar-refractivity contribution >= 4 is 11.9 Å². The second-order valence-electron chi connectivity index (χ2n) is 3.73. The Kier molecular flexibility index (Phi) is 8.27. The molecular formula is C11H22N6O3. The third-order valence-electron chi connectivity index (χ3n) is 2.20. The largest absolute Gasteiger partial charge is 0.464 e. The molecule has 0 atom stereocenters. The summed E-state index contributed by atoms with van der Waals surface area (Å²) in [5, 5.41) is 3.06. The van der Waals surface area contributed by atoms with E-state index in [1.165, 1.54) is 0 Å². The van der Waals surface area contributed by atoms with E-state index in [0.29, 0.717) is 38.9 Å². The van der Waals surface area contributed by atoms with Crippen molar-refractivity contribution in [3.05, 3.63) is 0 Å². The van der Waals surface area contributed by atoms with Gasteiger partial charge in [-0.2, -0.15) is 15.0 Å². The molecule has 0 aliphatic heterocycles. The molecule has 9 heteroatoms. The van der Waals surface area contributed by atoms with Crippen molar-refractivity contribution in [2.24, 2.45) is 5.84 Å². The molecule has 20 heavy (non-hydrogen) atoms. The lowest BCUT2D eigenvalue weighted by Crippen LogP contribution is -2.15. The quantitative estimate of drug-likeness (QED) is 0.294. The molecule has 9 nitrogen and oxygen atoms in total. The van der Waals surface area contributed by atoms with Crippen molar-refractivity contribution in [2.75, 3.05) is 50.8 Å². The smallest absolute Gasteiger partial charge is 0.323 e. The molecule has 0 fully saturated rings. The minimum absolute atomic E-state index is 0.231. The van der Waals surface area contributed by atoms with Crippen molar-refractivity contribution in [3.63, 3.8) is 0 Å². The third kappa shape index (κ3) is 6.45. The highest BCUT2D eigenvalue weighted by atomic mass is 16.5. The number of nitrogens with two attached hydrogens (primary N) is 1. The summed E-state index contributed by atoms with van der Waals surface area (Å²) in [6, 6.07) is 0.231. The summed E-state index contributed by atoms with van der Waals surface area (Å²) in [4.78, 5) is 12.1. The molecule has 0 amide bonds. The topological polar surface area (TPSA) is 116 Å². The lowest BCUT2D eigenvalue weighted by molar-refractivity contribution is 0.0705. The van der Waals surface area contributed by atoms with Gasteiger partial charge in [-0.3, -0.25) is 5.43 Å². The van der Waals surface area contributed by atoms with E-state index in [2.05, 4.69) is 25.7 Å². The second-order valence-corrected chi connectivity index (χ2v) is 3.73. The fourth-order valence-corrected chi connectivity index (χ4v) is 1.31. The van der Waals surface area contributed by atoms with Crippen LogP contribution in [-0.4, -0.2) is 55.0 Å². The number of hydrogen-bond acceptors (Lipinski definition) is 9. The van der Waals surface area contributed by atoms with E-state index in [1.54, 1.807) is 7.11 Å². The zero-order valence-corrected chi connectivity index (χ0v) is 11.9. The Bertz CT molecular complexity index is 379. The summed E-state index contributed by atoms with van der Waals surface area (Å²) in [6.45, 7) is 4.83. The van der Waals surface area contributed by atoms with E-state index >= 15 is 0 Å². The van der Waals surface area contributed by atoms with Gasteiger partial charge in [0.05, 0.1) is 19.8 Å². The van der Waals surface area contributed by atoms with Crippen LogP contribution in [0, 0.1) is 0 Å². The Morgan fingerprint density at radius 2 is 1.90 bits per heavy atom. The number of hydrogen-bond donors (Lipinski definition) is 3. The first-order valence-corrected chi connectivity index (χ1v) is 6.46. The van der Waals surface area contributed by atoms with Gasteiger partial charge >= 0.3 is 6.01 Å². The average molecular weight is 286 g/mol. The van der Waals surface area contributed by atoms with E-state index in [4.69, 9.17) is 20.1 Å². The van der Waals surface area contributed by atoms with Crippen LogP contribution in [0.5, 0.6) is 6.01 Å². The lowest BCUT2D eigenvalue weighted by Gasteiger charge is -2.08. The predicted octanol–water partition coefficient (Wildman–Crippen LogP) is 0.0209. The van der Waals surface area contributed by atoms with Gasteiger partial charge in [0, 0.05) is 20.3 Å². The van der Waals surface area contributed by atoms with Crippen LogP contribution < -0.4 is 21.3 Å². The molecule has 1 aromatic heterocycles. The molecule has 0 aromatic carbocycles. The lowest BCUT2D eigenvalue weighted by atomic mass is 10.4. The second kappa shape index (κ2) is 10.1. The molecule has 1 heterocycles. The number of nitrogens with zero attached hydrogens (tertiary/aromatic N) is 3. The Balaban J connectivity index is 2.33. The zero-order chi connectivity index (χ0) is 14.6. The van der Waals surface area contributed by atoms with Gasteiger partial charge in [-0.05, 0) is 13.3 Å². The molecule has 0 aliphatic rings. The molecular weight excluding hydrogens is 264 g/mol. The van der Waals surface area contributed by atoms with Crippen molar-refractivity contribution in [2.45, 2.75) is 13.3 Å². The number of nitrogen functional groups attached to an aromatic ring is 1. The van der Waals surface area contributed by atoms with Crippen LogP contribution in [-0.2, 0) is 9.47 Å². The summed E-state index contributed by atoms with van der Waals surface area (Å²) >= 11 is 0. The highest BCUT2D eigenvalue weighted by Crippen LogP contribution is 2.10. The summed E-state index contributed by atoms with van der Waals surface area (Å²) in [5.41, 5.74) is 2.37. The minimum atomic E-state index is 0.231. The van der Waals surface area contributed by atoms with Crippen LogP contribution in [0.25, 0.3) is 0 Å². The van der Waals surface area contributed by atoms with Crippen molar-refractivity contribution in [1.29, 1.82) is 0 Å². The van der Waals surface area contributed by atoms with E-state index in [1.807, 2.05) is 6.92 Å². The fourth-order valence-electron chi connectivity index (χ4n) is 1.31. The molecule has 0 spiro atoms. The van der Waals surface area contributed by atoms with Gasteiger partial charge in [-0.1, -0.05) is 0 Å². The fraction of sp³-hybridized carbons (Fsp3) is 0.727. The van der Waals surface area contributed by atoms with Crippen molar-refractivity contribution < 1.29 is 14.2 Å². The van der Waals surface area contributed by atoms with Crippen molar-refractivity contribution in [3.8, 4) is 6.01 Å². The molecule has 0 radical (unpaired) electrons. The monoisotopic (exact) mass is 286 g/mol. The summed E-state index contributed by atoms with van der Waals surface area (Å²) in [7, 11) is 1.64. The van der Waals surface area contributed by atoms with Crippen LogP contribution in [0.2, 0.25) is 0 Å². The van der Waals surface area contributed by atoms with Gasteiger partial charge < -0.3 is 19.5 Å². The molecule has 4 N–H and O–H groups in total. The Hall–Kier alpha value is -1.71. The number of rotatable bonds is 11. The van der Waals surface area contributed by atoms with Gasteiger partial charge in [0.15, 0.2) is 0 Å². The molecule has 1 rings (SSSR count). The molecule has 0 saturated heterocycles. The summed E-state index contributed by atoms with van der Waals surface area (Å²) in [6.07, 6.45) is 0.824. The number of ether oxygens (including phenoxy) is 3. The molecule has 0 aliphatic carbocycles. The van der Waals surface area contributed by atoms with Gasteiger partial charge in [-0.25, -0.2) is 5.84 Å². The Morgan fingerprint density at radius 1 is 1.10 bits per heavy atom. The Morgan fingerprint density at radius 3 is 2.60 bits per heavy atom. The van der Waals surface area contributed by atoms with Crippen LogP contribution in [0.3, 0.4) is 0 Å². The molecule has 1 aromatic rings. The van der Waals surface area contributed by atoms with E-state index in [-0.39, 0.29) is 12.0 Å². The standard InChI is InChI=1S/C11H22N6O3/c1-3-20-11-15-9(14-10(16-11)17-12)13-5-4-6-19-8-7-18-2/h3-8,12H2,1-2H3,(H2,13,14,15,16,17). The highest BCUT2D eigenvalue weighted by molar-refractivity contribution is 5.34. The number of methoxy groups -OCH3 is 1. The summed E-state index contributed by atoms with van der Waals surface area (Å²) < 4.78 is 15.4. The SMILES string of the molecule is CCOc1nc(NN)nc(NCCCOCCOC)n1. The van der Waals surface area contributed by atoms with Crippen molar-refractivity contribution in [1.82, 2.24) is 15.0 Å². The van der Waals surface area contributed by atoms with Gasteiger partial charge in [0.25, 0.3) is 0 Å². The number of anilines is 2. The number of aromatic nitrogens is 3. The van der Waals surface area contributed by atoms with Gasteiger partial charge in [0.2, 0.25) is 11.9 Å². The first-order valence-electron chi connectivity index (χ1n) is 6.46. The average Bonchev–Trinajstić information content (AvgIpc) is 2.46.